The fourth-order valence-electron chi connectivity index (χ4n) is 3.73. The highest BCUT2D eigenvalue weighted by Gasteiger charge is 2.10. The number of hydrogen-bond donors (Lipinski definition) is 1. The Hall–Kier alpha value is -3.60. The van der Waals surface area contributed by atoms with Crippen molar-refractivity contribution in [1.82, 2.24) is 0 Å². The van der Waals surface area contributed by atoms with E-state index in [1.165, 1.54) is 11.6 Å². The van der Waals surface area contributed by atoms with Crippen LogP contribution in [-0.4, -0.2) is 12.6 Å². The van der Waals surface area contributed by atoms with Crippen molar-refractivity contribution in [2.45, 2.75) is 53.2 Å². The van der Waals surface area contributed by atoms with E-state index < -0.39 is 0 Å². The highest BCUT2D eigenvalue weighted by Crippen LogP contribution is 2.25. The van der Waals surface area contributed by atoms with Crippen LogP contribution < -0.4 is 10.1 Å². The van der Waals surface area contributed by atoms with Crippen LogP contribution in [-0.2, 0) is 35.5 Å². The Morgan fingerprint density at radius 3 is 2.43 bits per heavy atom. The summed E-state index contributed by atoms with van der Waals surface area (Å²) in [6.07, 6.45) is 1.21. The highest BCUT2D eigenvalue weighted by molar-refractivity contribution is 5.69. The quantitative estimate of drug-likeness (QED) is 0.228. The number of ether oxygens (including phenoxy) is 2. The summed E-state index contributed by atoms with van der Waals surface area (Å²) in [4.78, 5) is 11.5. The maximum Gasteiger partial charge on any atom is 0.306 e. The number of benzene rings is 3. The van der Waals surface area contributed by atoms with Crippen LogP contribution in [0.4, 0.5) is 10.1 Å². The maximum atomic E-state index is 14.5. The van der Waals surface area contributed by atoms with Gasteiger partial charge in [0.25, 0.3) is 0 Å². The molecule has 4 nitrogen and oxygen atoms in total. The number of esters is 1. The average molecular weight is 476 g/mol. The zero-order valence-electron chi connectivity index (χ0n) is 20.8. The third-order valence-corrected chi connectivity index (χ3v) is 5.59. The van der Waals surface area contributed by atoms with Gasteiger partial charge < -0.3 is 14.8 Å². The smallest absolute Gasteiger partial charge is 0.306 e. The van der Waals surface area contributed by atoms with E-state index in [4.69, 9.17) is 9.47 Å². The molecule has 5 heteroatoms. The SMILES string of the molecule is C=C(C)Cc1cc(CNc2ccc(CCC(=O)OCC)c(F)c2)ccc1OCc1ccc(C)cc1. The van der Waals surface area contributed by atoms with Crippen molar-refractivity contribution in [1.29, 1.82) is 0 Å². The van der Waals surface area contributed by atoms with Gasteiger partial charge in [-0.3, -0.25) is 4.79 Å². The summed E-state index contributed by atoms with van der Waals surface area (Å²) in [5.41, 5.74) is 6.72. The van der Waals surface area contributed by atoms with Gasteiger partial charge in [-0.1, -0.05) is 60.2 Å². The summed E-state index contributed by atoms with van der Waals surface area (Å²) in [5, 5.41) is 3.28. The topological polar surface area (TPSA) is 47.6 Å². The minimum absolute atomic E-state index is 0.168. The van der Waals surface area contributed by atoms with E-state index in [1.54, 1.807) is 13.0 Å². The summed E-state index contributed by atoms with van der Waals surface area (Å²) in [5.74, 6) is 0.197. The molecule has 0 radical (unpaired) electrons. The van der Waals surface area contributed by atoms with E-state index in [2.05, 4.69) is 49.2 Å². The second-order valence-electron chi connectivity index (χ2n) is 8.81. The molecule has 35 heavy (non-hydrogen) atoms. The first-order valence-corrected chi connectivity index (χ1v) is 12.0. The normalized spacial score (nSPS) is 10.6. The summed E-state index contributed by atoms with van der Waals surface area (Å²) in [6, 6.07) is 19.4. The van der Waals surface area contributed by atoms with Crippen molar-refractivity contribution in [3.05, 3.63) is 106 Å². The summed E-state index contributed by atoms with van der Waals surface area (Å²) in [6.45, 7) is 11.3. The predicted octanol–water partition coefficient (Wildman–Crippen LogP) is 6.94. The second kappa shape index (κ2) is 12.7. The first-order chi connectivity index (χ1) is 16.8. The van der Waals surface area contributed by atoms with Crippen molar-refractivity contribution in [2.75, 3.05) is 11.9 Å². The third kappa shape index (κ3) is 8.29. The summed E-state index contributed by atoms with van der Waals surface area (Å²) in [7, 11) is 0. The Morgan fingerprint density at radius 1 is 1.00 bits per heavy atom. The molecule has 3 rings (SSSR count). The van der Waals surface area contributed by atoms with Gasteiger partial charge in [0.15, 0.2) is 0 Å². The first kappa shape index (κ1) is 26.0. The van der Waals surface area contributed by atoms with Gasteiger partial charge in [-0.25, -0.2) is 4.39 Å². The van der Waals surface area contributed by atoms with Gasteiger partial charge in [0, 0.05) is 18.7 Å². The van der Waals surface area contributed by atoms with Crippen molar-refractivity contribution in [2.24, 2.45) is 0 Å². The van der Waals surface area contributed by atoms with Crippen molar-refractivity contribution in [3.8, 4) is 5.75 Å². The van der Waals surface area contributed by atoms with Gasteiger partial charge in [0.2, 0.25) is 0 Å². The zero-order valence-corrected chi connectivity index (χ0v) is 20.8. The summed E-state index contributed by atoms with van der Waals surface area (Å²) >= 11 is 0. The van der Waals surface area contributed by atoms with E-state index in [0.29, 0.717) is 37.4 Å². The Kier molecular flexibility index (Phi) is 9.47. The fraction of sp³-hybridized carbons (Fsp3) is 0.300. The second-order valence-corrected chi connectivity index (χ2v) is 8.81. The first-order valence-electron chi connectivity index (χ1n) is 12.0. The molecule has 0 heterocycles. The van der Waals surface area contributed by atoms with Crippen LogP contribution in [0.25, 0.3) is 0 Å². The molecular weight excluding hydrogens is 441 g/mol. The Balaban J connectivity index is 1.63. The predicted molar refractivity (Wildman–Crippen MR) is 139 cm³/mol. The Bertz CT molecular complexity index is 1150. The van der Waals surface area contributed by atoms with Gasteiger partial charge in [-0.2, -0.15) is 0 Å². The van der Waals surface area contributed by atoms with Crippen LogP contribution >= 0.6 is 0 Å². The lowest BCUT2D eigenvalue weighted by molar-refractivity contribution is -0.143. The monoisotopic (exact) mass is 475 g/mol. The van der Waals surface area contributed by atoms with E-state index in [0.717, 1.165) is 34.4 Å². The van der Waals surface area contributed by atoms with E-state index in [-0.39, 0.29) is 18.2 Å². The van der Waals surface area contributed by atoms with Gasteiger partial charge in [-0.15, -0.1) is 0 Å². The highest BCUT2D eigenvalue weighted by atomic mass is 19.1. The molecule has 184 valence electrons. The van der Waals surface area contributed by atoms with Crippen LogP contribution in [0.2, 0.25) is 0 Å². The van der Waals surface area contributed by atoms with Crippen molar-refractivity contribution < 1.29 is 18.7 Å². The van der Waals surface area contributed by atoms with Crippen LogP contribution in [0.15, 0.2) is 72.8 Å². The molecule has 3 aromatic rings. The number of nitrogens with one attached hydrogen (secondary N) is 1. The largest absolute Gasteiger partial charge is 0.489 e. The molecular formula is C30H34FNO3. The number of carbonyl (C=O) groups excluding carboxylic acids is 1. The van der Waals surface area contributed by atoms with Crippen molar-refractivity contribution >= 4 is 11.7 Å². The number of carbonyl (C=O) groups is 1. The molecule has 0 spiro atoms. The van der Waals surface area contributed by atoms with Gasteiger partial charge >= 0.3 is 5.97 Å². The van der Waals surface area contributed by atoms with Gasteiger partial charge in [0.05, 0.1) is 6.61 Å². The Morgan fingerprint density at radius 2 is 1.74 bits per heavy atom. The summed E-state index contributed by atoms with van der Waals surface area (Å²) < 4.78 is 25.5. The minimum atomic E-state index is -0.331. The fourth-order valence-corrected chi connectivity index (χ4v) is 3.73. The molecule has 0 aliphatic heterocycles. The Labute approximate surface area is 207 Å². The number of allylic oxidation sites excluding steroid dienone is 1. The molecule has 0 saturated heterocycles. The molecule has 3 aromatic carbocycles. The lowest BCUT2D eigenvalue weighted by atomic mass is 10.0. The average Bonchev–Trinajstić information content (AvgIpc) is 2.82. The molecule has 0 bridgehead atoms. The number of aryl methyl sites for hydroxylation is 2. The molecule has 0 saturated carbocycles. The number of rotatable bonds is 12. The van der Waals surface area contributed by atoms with E-state index in [1.807, 2.05) is 25.1 Å². The standard InChI is InChI=1S/C30H34FNO3/c1-5-34-30(33)15-12-25-11-13-27(18-28(25)31)32-19-24-10-14-29(26(17-24)16-21(2)3)35-20-23-8-6-22(4)7-9-23/h6-11,13-14,17-18,32H,2,5,12,15-16,19-20H2,1,3-4H3. The van der Waals surface area contributed by atoms with E-state index in [9.17, 15) is 9.18 Å². The zero-order chi connectivity index (χ0) is 25.2. The maximum absolute atomic E-state index is 14.5. The minimum Gasteiger partial charge on any atom is -0.489 e. The molecule has 0 atom stereocenters. The number of hydrogen-bond acceptors (Lipinski definition) is 4. The van der Waals surface area contributed by atoms with Gasteiger partial charge in [0.1, 0.15) is 18.2 Å². The molecule has 0 amide bonds. The van der Waals surface area contributed by atoms with Gasteiger partial charge in [-0.05, 0) is 74.1 Å². The van der Waals surface area contributed by atoms with E-state index >= 15 is 0 Å². The number of anilines is 1. The molecule has 0 unspecified atom stereocenters. The lowest BCUT2D eigenvalue weighted by Crippen LogP contribution is -2.06. The number of halogens is 1. The molecule has 0 fully saturated rings. The van der Waals surface area contributed by atoms with Crippen LogP contribution in [0.3, 0.4) is 0 Å². The lowest BCUT2D eigenvalue weighted by Gasteiger charge is -2.15. The van der Waals surface area contributed by atoms with Crippen molar-refractivity contribution in [3.63, 3.8) is 0 Å². The molecule has 0 aliphatic carbocycles. The van der Waals surface area contributed by atoms with Crippen LogP contribution in [0.1, 0.15) is 48.1 Å². The van der Waals surface area contributed by atoms with Crippen LogP contribution in [0, 0.1) is 12.7 Å². The molecule has 1 N–H and O–H groups in total. The molecule has 0 aliphatic rings. The third-order valence-electron chi connectivity index (χ3n) is 5.59. The molecule has 0 aromatic heterocycles. The van der Waals surface area contributed by atoms with Crippen LogP contribution in [0.5, 0.6) is 5.75 Å².